The molecule has 3 fully saturated rings. The Morgan fingerprint density at radius 3 is 2.52 bits per heavy atom. The monoisotopic (exact) mass is 1230 g/mol. The molecule has 0 bridgehead atoms. The molecule has 6 aromatic rings. The van der Waals surface area contributed by atoms with Gasteiger partial charge >= 0.3 is 0 Å². The Hall–Kier alpha value is -8.09. The lowest BCUT2D eigenvalue weighted by Gasteiger charge is -2.39. The van der Waals surface area contributed by atoms with Crippen LogP contribution in [0, 0.1) is 33.3 Å². The number of aromatic amines is 1. The van der Waals surface area contributed by atoms with Crippen LogP contribution in [0.1, 0.15) is 135 Å². The lowest BCUT2D eigenvalue weighted by atomic mass is 9.72. The first-order valence-corrected chi connectivity index (χ1v) is 32.6. The summed E-state index contributed by atoms with van der Waals surface area (Å²) in [5, 5.41) is 19.6. The Morgan fingerprint density at radius 1 is 0.909 bits per heavy atom. The number of imide groups is 1. The van der Waals surface area contributed by atoms with Gasteiger partial charge in [0, 0.05) is 111 Å². The molecule has 4 N–H and O–H groups in total. The molecule has 4 amide bonds. The third-order valence-electron chi connectivity index (χ3n) is 17.8. The van der Waals surface area contributed by atoms with Gasteiger partial charge in [0.05, 0.1) is 21.6 Å². The average molecular weight is 1230 g/mol. The molecule has 460 valence electrons. The van der Waals surface area contributed by atoms with E-state index in [0.29, 0.717) is 49.6 Å². The Balaban J connectivity index is 0.663. The topological polar surface area (TPSA) is 233 Å². The molecular formula is C67H75ClN10O9S. The number of rotatable bonds is 21. The highest BCUT2D eigenvalue weighted by molar-refractivity contribution is 7.90. The van der Waals surface area contributed by atoms with Crippen LogP contribution in [0.25, 0.3) is 16.6 Å². The van der Waals surface area contributed by atoms with Crippen LogP contribution in [-0.2, 0) is 26.2 Å². The van der Waals surface area contributed by atoms with Crippen molar-refractivity contribution in [2.75, 3.05) is 69.1 Å². The summed E-state index contributed by atoms with van der Waals surface area (Å²) in [4.78, 5) is 79.2. The van der Waals surface area contributed by atoms with Crippen LogP contribution >= 0.6 is 11.6 Å². The minimum atomic E-state index is -4.62. The van der Waals surface area contributed by atoms with Gasteiger partial charge in [-0.25, -0.2) is 18.1 Å². The quantitative estimate of drug-likeness (QED) is 0.0173. The van der Waals surface area contributed by atoms with Crippen molar-refractivity contribution in [2.45, 2.75) is 115 Å². The van der Waals surface area contributed by atoms with Gasteiger partial charge in [-0.05, 0) is 153 Å². The standard InChI is InChI=1S/C67H75ClN10O9S/c1-67(2)28-26-49(56(39-67)47-16-18-50(68)19-17-47)43-75-32-34-76(35-33-75)51-20-22-55(61(37-51)87-52-36-48-27-29-69-63(48)71-41-52)64(80)73-88(85,86)53-21-23-58(60(38-53)78(83)84)70-40-45-12-11-31-74(42-45)30-9-7-5-3-4-6-8-13-46-14-10-15-54-57(46)44-77(66(54)82)59-24-25-62(79)72-65(59)81/h10,14-23,27,29,36-38,41,45,59,70H,3-7,9,11-12,24-26,28,30-35,39-40,42-44H2,1-2H3,(H,69,71)(H,73,80)(H,72,79,81). The first-order chi connectivity index (χ1) is 42.4. The van der Waals surface area contributed by atoms with E-state index in [-0.39, 0.29) is 46.6 Å². The van der Waals surface area contributed by atoms with E-state index in [1.165, 1.54) is 35.0 Å². The number of hydrogen-bond donors (Lipinski definition) is 4. The Labute approximate surface area is 518 Å². The number of pyridine rings is 1. The molecule has 4 aliphatic heterocycles. The fraction of sp³-hybridized carbons (Fsp3) is 0.418. The van der Waals surface area contributed by atoms with Crippen molar-refractivity contribution in [1.29, 1.82) is 0 Å². The molecule has 3 saturated heterocycles. The number of carbonyl (C=O) groups is 4. The Kier molecular flexibility index (Phi) is 19.0. The zero-order valence-corrected chi connectivity index (χ0v) is 51.4. The highest BCUT2D eigenvalue weighted by Gasteiger charge is 2.40. The van der Waals surface area contributed by atoms with E-state index in [4.69, 9.17) is 16.3 Å². The van der Waals surface area contributed by atoms with E-state index in [2.05, 4.69) is 77.8 Å². The van der Waals surface area contributed by atoms with Crippen molar-refractivity contribution in [1.82, 2.24) is 34.7 Å². The van der Waals surface area contributed by atoms with Crippen LogP contribution in [0.3, 0.4) is 0 Å². The number of allylic oxidation sites excluding steroid dienone is 1. The number of nitro groups is 1. The Bertz CT molecular complexity index is 3850. The van der Waals surface area contributed by atoms with E-state index in [1.807, 2.05) is 30.3 Å². The van der Waals surface area contributed by atoms with Gasteiger partial charge < -0.3 is 29.7 Å². The number of benzene rings is 4. The maximum Gasteiger partial charge on any atom is 0.293 e. The van der Waals surface area contributed by atoms with E-state index in [1.54, 1.807) is 41.4 Å². The molecule has 0 saturated carbocycles. The molecule has 1 aliphatic carbocycles. The summed E-state index contributed by atoms with van der Waals surface area (Å²) in [5.74, 6) is 5.30. The second-order valence-electron chi connectivity index (χ2n) is 24.7. The molecule has 4 aromatic carbocycles. The fourth-order valence-corrected chi connectivity index (χ4v) is 14.0. The van der Waals surface area contributed by atoms with Crippen LogP contribution in [-0.4, -0.2) is 127 Å². The third kappa shape index (κ3) is 14.7. The van der Waals surface area contributed by atoms with E-state index in [0.717, 1.165) is 143 Å². The largest absolute Gasteiger partial charge is 0.455 e. The number of aromatic nitrogens is 2. The molecule has 2 unspecified atom stereocenters. The zero-order chi connectivity index (χ0) is 61.5. The number of nitrogens with one attached hydrogen (secondary N) is 4. The minimum absolute atomic E-state index is 0.0492. The first-order valence-electron chi connectivity index (χ1n) is 30.7. The number of H-pyrrole nitrogens is 1. The SMILES string of the molecule is CC1(C)CCC(CN2CCN(c3ccc(C(=O)NS(=O)(=O)c4ccc(NCC5CCCN(CCCCCCCC#Cc6cccc7c6CN(C6CCC(=O)NC6=O)C7=O)C5)c([N+](=O)[O-])c4)c(Oc4cnc5[nH]ccc5c4)c3)CC2)=C(c2ccc(Cl)cc2)C1. The predicted molar refractivity (Wildman–Crippen MR) is 340 cm³/mol. The molecule has 11 rings (SSSR count). The predicted octanol–water partition coefficient (Wildman–Crippen LogP) is 11.1. The number of nitrogens with zero attached hydrogens (tertiary/aromatic N) is 6. The molecule has 5 aliphatic rings. The zero-order valence-electron chi connectivity index (χ0n) is 49.9. The average Bonchev–Trinajstić information content (AvgIpc) is 1.80. The number of carbonyl (C=O) groups excluding carboxylic acids is 4. The number of sulfonamides is 1. The molecule has 88 heavy (non-hydrogen) atoms. The number of likely N-dealkylation sites (tertiary alicyclic amines) is 1. The van der Waals surface area contributed by atoms with Crippen LogP contribution in [0.15, 0.2) is 114 Å². The van der Waals surface area contributed by atoms with Crippen LogP contribution in [0.2, 0.25) is 5.02 Å². The number of anilines is 2. The molecular weight excluding hydrogens is 1160 g/mol. The normalized spacial score (nSPS) is 19.1. The number of fused-ring (bicyclic) bond motifs is 2. The summed E-state index contributed by atoms with van der Waals surface area (Å²) >= 11 is 6.28. The van der Waals surface area contributed by atoms with Crippen molar-refractivity contribution >= 4 is 78.9 Å². The maximum absolute atomic E-state index is 14.2. The van der Waals surface area contributed by atoms with Crippen LogP contribution in [0.5, 0.6) is 11.5 Å². The van der Waals surface area contributed by atoms with E-state index in [9.17, 15) is 37.7 Å². The summed E-state index contributed by atoms with van der Waals surface area (Å²) in [6, 6.07) is 25.3. The molecule has 0 spiro atoms. The van der Waals surface area contributed by atoms with Crippen molar-refractivity contribution < 1.29 is 37.3 Å². The lowest BCUT2D eigenvalue weighted by molar-refractivity contribution is -0.384. The summed E-state index contributed by atoms with van der Waals surface area (Å²) in [6.45, 7) is 12.1. The summed E-state index contributed by atoms with van der Waals surface area (Å²) in [6.07, 6.45) is 14.8. The number of piperazine rings is 1. The van der Waals surface area contributed by atoms with Gasteiger partial charge in [-0.2, -0.15) is 0 Å². The highest BCUT2D eigenvalue weighted by Crippen LogP contribution is 2.44. The van der Waals surface area contributed by atoms with E-state index < -0.39 is 43.4 Å². The van der Waals surface area contributed by atoms with Gasteiger partial charge in [-0.1, -0.05) is 80.3 Å². The molecule has 2 aromatic heterocycles. The number of ether oxygens (including phenoxy) is 1. The highest BCUT2D eigenvalue weighted by atomic mass is 35.5. The van der Waals surface area contributed by atoms with Crippen molar-refractivity contribution in [3.05, 3.63) is 152 Å². The minimum Gasteiger partial charge on any atom is -0.455 e. The Morgan fingerprint density at radius 2 is 1.72 bits per heavy atom. The molecule has 6 heterocycles. The number of amides is 4. The number of hydrogen-bond acceptors (Lipinski definition) is 14. The maximum atomic E-state index is 14.2. The number of nitro benzene ring substituents is 1. The molecule has 21 heteroatoms. The van der Waals surface area contributed by atoms with Gasteiger partial charge in [-0.15, -0.1) is 0 Å². The molecule has 19 nitrogen and oxygen atoms in total. The summed E-state index contributed by atoms with van der Waals surface area (Å²) in [7, 11) is -4.62. The third-order valence-corrected chi connectivity index (χ3v) is 19.4. The van der Waals surface area contributed by atoms with Gasteiger partial charge in [-0.3, -0.25) is 39.5 Å². The first kappa shape index (κ1) is 61.6. The van der Waals surface area contributed by atoms with Crippen molar-refractivity contribution in [3.63, 3.8) is 0 Å². The van der Waals surface area contributed by atoms with Crippen molar-refractivity contribution in [2.24, 2.45) is 11.3 Å². The van der Waals surface area contributed by atoms with Gasteiger partial charge in [0.1, 0.15) is 28.9 Å². The number of halogens is 1. The summed E-state index contributed by atoms with van der Waals surface area (Å²) in [5.41, 5.74) is 7.63. The van der Waals surface area contributed by atoms with Crippen LogP contribution < -0.4 is 25.0 Å². The van der Waals surface area contributed by atoms with Gasteiger partial charge in [0.2, 0.25) is 11.8 Å². The molecule has 0 radical (unpaired) electrons. The number of unbranched alkanes of at least 4 members (excludes halogenated alkanes) is 5. The van der Waals surface area contributed by atoms with Gasteiger partial charge in [0.25, 0.3) is 27.5 Å². The smallest absolute Gasteiger partial charge is 0.293 e. The van der Waals surface area contributed by atoms with Crippen molar-refractivity contribution in [3.8, 4) is 23.3 Å². The van der Waals surface area contributed by atoms with E-state index >= 15 is 0 Å². The number of piperidine rings is 2. The fourth-order valence-electron chi connectivity index (χ4n) is 12.9. The van der Waals surface area contributed by atoms with Gasteiger partial charge in [0.15, 0.2) is 0 Å². The van der Waals surface area contributed by atoms with Crippen LogP contribution in [0.4, 0.5) is 17.1 Å². The summed E-state index contributed by atoms with van der Waals surface area (Å²) < 4.78 is 36.6. The molecule has 2 atom stereocenters. The second-order valence-corrected chi connectivity index (χ2v) is 26.8. The second kappa shape index (κ2) is 27.1. The lowest BCUT2D eigenvalue weighted by Crippen LogP contribution is -2.52.